The van der Waals surface area contributed by atoms with Gasteiger partial charge in [-0.3, -0.25) is 19.5 Å². The maximum Gasteiger partial charge on any atom is 0.472 e. The van der Waals surface area contributed by atoms with Crippen molar-refractivity contribution in [1.29, 1.82) is 0 Å². The Hall–Kier alpha value is -1.70. The lowest BCUT2D eigenvalue weighted by molar-refractivity contribution is -0.0674. The van der Waals surface area contributed by atoms with E-state index in [0.717, 1.165) is 19.3 Å². The fourth-order valence-electron chi connectivity index (χ4n) is 3.72. The third kappa shape index (κ3) is 4.07. The van der Waals surface area contributed by atoms with E-state index < -0.39 is 32.4 Å². The third-order valence-corrected chi connectivity index (χ3v) is 6.18. The minimum absolute atomic E-state index is 0.180. The van der Waals surface area contributed by atoms with E-state index in [9.17, 15) is 14.6 Å². The van der Waals surface area contributed by atoms with Gasteiger partial charge in [0.1, 0.15) is 30.5 Å². The van der Waals surface area contributed by atoms with Gasteiger partial charge in [0.05, 0.1) is 13.2 Å². The van der Waals surface area contributed by atoms with Crippen LogP contribution in [0.3, 0.4) is 0 Å². The molecular weight excluding hydrogens is 417 g/mol. The van der Waals surface area contributed by atoms with Gasteiger partial charge in [-0.25, -0.2) is 24.5 Å². The van der Waals surface area contributed by atoms with Crippen molar-refractivity contribution in [2.75, 3.05) is 18.9 Å². The van der Waals surface area contributed by atoms with Crippen LogP contribution < -0.4 is 11.6 Å². The normalized spacial score (nSPS) is 31.5. The predicted octanol–water partition coefficient (Wildman–Crippen LogP) is 0.0485. The van der Waals surface area contributed by atoms with Crippen molar-refractivity contribution in [3.63, 3.8) is 0 Å². The zero-order chi connectivity index (χ0) is 21.5. The highest BCUT2D eigenvalue weighted by Gasteiger charge is 2.53. The summed E-state index contributed by atoms with van der Waals surface area (Å²) in [6, 6.07) is 0. The van der Waals surface area contributed by atoms with Crippen LogP contribution in [-0.4, -0.2) is 66.0 Å². The van der Waals surface area contributed by atoms with Crippen LogP contribution in [0.5, 0.6) is 0 Å². The number of ether oxygens (including phenoxy) is 1. The molecule has 2 aromatic rings. The fraction of sp³-hybridized carbons (Fsp3) is 0.688. The number of anilines is 1. The quantitative estimate of drug-likeness (QED) is 0.195. The molecule has 0 bridgehead atoms. The summed E-state index contributed by atoms with van der Waals surface area (Å²) in [5.74, 6) is 6.80. The molecule has 4 rings (SSSR count). The SMILES string of the molecule is CCCCCN(N)Cc1nc2c(N)ncnc2n1C1OC2COP(=O)(O)OC2C1O. The van der Waals surface area contributed by atoms with Gasteiger partial charge in [0.2, 0.25) is 0 Å². The van der Waals surface area contributed by atoms with Crippen molar-refractivity contribution >= 4 is 24.8 Å². The number of aromatic nitrogens is 4. The smallest absolute Gasteiger partial charge is 0.386 e. The Morgan fingerprint density at radius 1 is 1.40 bits per heavy atom. The van der Waals surface area contributed by atoms with E-state index in [2.05, 4.69) is 21.9 Å². The van der Waals surface area contributed by atoms with E-state index in [1.807, 2.05) is 0 Å². The van der Waals surface area contributed by atoms with Crippen molar-refractivity contribution in [3.05, 3.63) is 12.2 Å². The topological polar surface area (TPSA) is 184 Å². The van der Waals surface area contributed by atoms with E-state index in [1.54, 1.807) is 9.58 Å². The molecule has 13 nitrogen and oxygen atoms in total. The fourth-order valence-corrected chi connectivity index (χ4v) is 4.69. The van der Waals surface area contributed by atoms with Gasteiger partial charge in [-0.15, -0.1) is 0 Å². The summed E-state index contributed by atoms with van der Waals surface area (Å²) in [6.45, 7) is 2.82. The second-order valence-corrected chi connectivity index (χ2v) is 8.80. The van der Waals surface area contributed by atoms with Crippen LogP contribution in [0.1, 0.15) is 38.2 Å². The minimum atomic E-state index is -4.24. The molecule has 14 heteroatoms. The summed E-state index contributed by atoms with van der Waals surface area (Å²) in [5, 5.41) is 12.5. The number of hydrogen-bond donors (Lipinski definition) is 4. The Morgan fingerprint density at radius 2 is 2.20 bits per heavy atom. The number of hydrogen-bond acceptors (Lipinski definition) is 11. The van der Waals surface area contributed by atoms with Crippen molar-refractivity contribution in [1.82, 2.24) is 24.5 Å². The maximum atomic E-state index is 11.8. The molecule has 0 amide bonds. The number of phosphoric ester groups is 1. The van der Waals surface area contributed by atoms with Gasteiger partial charge in [-0.2, -0.15) is 0 Å². The Labute approximate surface area is 172 Å². The monoisotopic (exact) mass is 443 g/mol. The zero-order valence-electron chi connectivity index (χ0n) is 16.5. The van der Waals surface area contributed by atoms with Gasteiger partial charge in [-0.05, 0) is 6.42 Å². The van der Waals surface area contributed by atoms with Gasteiger partial charge < -0.3 is 20.5 Å². The van der Waals surface area contributed by atoms with Crippen LogP contribution in [0.25, 0.3) is 11.2 Å². The molecule has 0 aromatic carbocycles. The summed E-state index contributed by atoms with van der Waals surface area (Å²) in [4.78, 5) is 22.4. The number of nitrogens with zero attached hydrogens (tertiary/aromatic N) is 5. The molecule has 5 unspecified atom stereocenters. The number of fused-ring (bicyclic) bond motifs is 2. The molecule has 0 saturated carbocycles. The lowest BCUT2D eigenvalue weighted by Gasteiger charge is -2.27. The van der Waals surface area contributed by atoms with E-state index in [-0.39, 0.29) is 19.0 Å². The first-order chi connectivity index (χ1) is 14.3. The molecule has 6 N–H and O–H groups in total. The maximum absolute atomic E-state index is 11.8. The van der Waals surface area contributed by atoms with Crippen LogP contribution in [0, 0.1) is 0 Å². The van der Waals surface area contributed by atoms with Crippen LogP contribution in [0.4, 0.5) is 5.82 Å². The highest BCUT2D eigenvalue weighted by atomic mass is 31.2. The number of rotatable bonds is 7. The van der Waals surface area contributed by atoms with Crippen LogP contribution >= 0.6 is 7.82 Å². The number of aliphatic hydroxyl groups excluding tert-OH is 1. The molecular formula is C16H26N7O6P. The van der Waals surface area contributed by atoms with Gasteiger partial charge >= 0.3 is 7.82 Å². The first-order valence-corrected chi connectivity index (χ1v) is 11.3. The molecule has 4 heterocycles. The van der Waals surface area contributed by atoms with Gasteiger partial charge in [0.25, 0.3) is 0 Å². The van der Waals surface area contributed by atoms with E-state index >= 15 is 0 Å². The van der Waals surface area contributed by atoms with Crippen molar-refractivity contribution in [2.24, 2.45) is 5.84 Å². The number of nitrogen functional groups attached to an aromatic ring is 1. The number of imidazole rings is 1. The van der Waals surface area contributed by atoms with Crippen LogP contribution in [0.15, 0.2) is 6.33 Å². The highest BCUT2D eigenvalue weighted by molar-refractivity contribution is 7.47. The Morgan fingerprint density at radius 3 is 2.97 bits per heavy atom. The van der Waals surface area contributed by atoms with E-state index in [0.29, 0.717) is 23.5 Å². The molecule has 0 aliphatic carbocycles. The molecule has 0 radical (unpaired) electrons. The molecule has 2 fully saturated rings. The standard InChI is InChI=1S/C16H26N7O6P/c1-2-3-4-5-22(18)6-10-21-11-14(17)19-8-20-15(11)23(10)16-12(24)13-9(28-16)7-27-30(25,26)29-13/h8-9,12-13,16,24H,2-7,18H2,1H3,(H,25,26)(H2,17,19,20). The number of hydrazine groups is 1. The first kappa shape index (κ1) is 21.5. The van der Waals surface area contributed by atoms with Gasteiger partial charge in [-0.1, -0.05) is 19.8 Å². The first-order valence-electron chi connectivity index (χ1n) is 9.77. The van der Waals surface area contributed by atoms with Crippen LogP contribution in [-0.2, 0) is 24.9 Å². The number of phosphoric acid groups is 1. The summed E-state index contributed by atoms with van der Waals surface area (Å²) >= 11 is 0. The molecule has 2 aliphatic heterocycles. The molecule has 166 valence electrons. The minimum Gasteiger partial charge on any atom is -0.386 e. The largest absolute Gasteiger partial charge is 0.472 e. The lowest BCUT2D eigenvalue weighted by atomic mass is 10.1. The van der Waals surface area contributed by atoms with E-state index in [4.69, 9.17) is 25.4 Å². The number of unbranched alkanes of at least 4 members (excludes halogenated alkanes) is 2. The summed E-state index contributed by atoms with van der Waals surface area (Å²) in [6.07, 6.45) is 0.313. The van der Waals surface area contributed by atoms with Gasteiger partial charge in [0, 0.05) is 6.54 Å². The zero-order valence-corrected chi connectivity index (χ0v) is 17.4. The summed E-state index contributed by atoms with van der Waals surface area (Å²) in [5.41, 5.74) is 6.67. The molecule has 30 heavy (non-hydrogen) atoms. The van der Waals surface area contributed by atoms with Gasteiger partial charge in [0.15, 0.2) is 23.2 Å². The van der Waals surface area contributed by atoms with Crippen LogP contribution in [0.2, 0.25) is 0 Å². The highest BCUT2D eigenvalue weighted by Crippen LogP contribution is 2.52. The molecule has 2 aliphatic rings. The molecule has 5 atom stereocenters. The second kappa shape index (κ2) is 8.44. The number of aliphatic hydroxyl groups is 1. The van der Waals surface area contributed by atoms with Crippen molar-refractivity contribution in [2.45, 2.75) is 57.3 Å². The average Bonchev–Trinajstić information content (AvgIpc) is 3.20. The average molecular weight is 443 g/mol. The van der Waals surface area contributed by atoms with Crippen molar-refractivity contribution in [3.8, 4) is 0 Å². The van der Waals surface area contributed by atoms with E-state index in [1.165, 1.54) is 6.33 Å². The Balaban J connectivity index is 1.67. The number of nitrogens with two attached hydrogens (primary N) is 2. The summed E-state index contributed by atoms with van der Waals surface area (Å²) < 4.78 is 29.1. The molecule has 2 saturated heterocycles. The Bertz CT molecular complexity index is 958. The Kier molecular flexibility index (Phi) is 6.06. The third-order valence-electron chi connectivity index (χ3n) is 5.19. The predicted molar refractivity (Wildman–Crippen MR) is 104 cm³/mol. The van der Waals surface area contributed by atoms with Crippen molar-refractivity contribution < 1.29 is 28.3 Å². The molecule has 0 spiro atoms. The molecule has 2 aromatic heterocycles. The second-order valence-electron chi connectivity index (χ2n) is 7.40. The lowest BCUT2D eigenvalue weighted by Crippen LogP contribution is -2.39. The summed E-state index contributed by atoms with van der Waals surface area (Å²) in [7, 11) is -4.24.